The van der Waals surface area contributed by atoms with Crippen LogP contribution < -0.4 is 11.1 Å². The average molecular weight is 406 g/mol. The zero-order valence-corrected chi connectivity index (χ0v) is 14.8. The number of nitrogens with one attached hydrogen (secondary N) is 1. The summed E-state index contributed by atoms with van der Waals surface area (Å²) in [6.07, 6.45) is 1.91. The molecule has 3 atom stereocenters. The molecule has 9 nitrogen and oxygen atoms in total. The number of nitrogens with two attached hydrogens (primary N) is 1. The van der Waals surface area contributed by atoms with E-state index >= 15 is 0 Å². The minimum absolute atomic E-state index is 0. The van der Waals surface area contributed by atoms with Crippen molar-refractivity contribution < 1.29 is 24.3 Å². The Morgan fingerprint density at radius 1 is 1.24 bits per heavy atom. The molecule has 1 aromatic carbocycles. The number of carboxylic acids is 1. The van der Waals surface area contributed by atoms with Crippen LogP contribution in [0.4, 0.5) is 10.5 Å². The van der Waals surface area contributed by atoms with Gasteiger partial charge in [0.25, 0.3) is 5.91 Å². The summed E-state index contributed by atoms with van der Waals surface area (Å²) >= 11 is 0. The van der Waals surface area contributed by atoms with Crippen molar-refractivity contribution in [2.45, 2.75) is 18.5 Å². The van der Waals surface area contributed by atoms with Crippen LogP contribution in [-0.2, 0) is 9.59 Å². The molecule has 29 heavy (non-hydrogen) atoms. The number of hydrogen-bond acceptors (Lipinski definition) is 4. The standard InChI is InChI=1S/C19H18N4O5.Na.H/c1-2-9-7-11-8-22(15-13(11)23(17(15)25)14(9)18(26)27)19(28)21-12-5-3-10(4-6-12)16(20)24;;/h2-6,11,13,15H,1,7-8H2,(H2,20,24)(H,21,28)(H,26,27);;/t11-,13-,15+;;/m1../s1. The number of rotatable bonds is 4. The number of allylic oxidation sites excluding steroid dienone is 2. The molecule has 0 bridgehead atoms. The molecule has 0 saturated carbocycles. The van der Waals surface area contributed by atoms with E-state index < -0.39 is 29.9 Å². The van der Waals surface area contributed by atoms with E-state index in [2.05, 4.69) is 11.9 Å². The van der Waals surface area contributed by atoms with E-state index in [4.69, 9.17) is 5.73 Å². The van der Waals surface area contributed by atoms with Crippen LogP contribution in [0.3, 0.4) is 0 Å². The maximum absolute atomic E-state index is 12.7. The Bertz CT molecular complexity index is 958. The first-order valence-corrected chi connectivity index (χ1v) is 8.73. The Balaban J connectivity index is 0.00000240. The van der Waals surface area contributed by atoms with Crippen LogP contribution in [0.2, 0.25) is 0 Å². The molecule has 3 aliphatic rings. The number of benzene rings is 1. The van der Waals surface area contributed by atoms with E-state index in [0.29, 0.717) is 29.8 Å². The number of carboxylic acid groups (broad SMARTS) is 1. The number of nitrogens with zero attached hydrogens (tertiary/aromatic N) is 2. The first-order chi connectivity index (χ1) is 13.3. The monoisotopic (exact) mass is 406 g/mol. The number of β-lactam (4-membered cyclic amide) rings is 1. The Morgan fingerprint density at radius 3 is 2.45 bits per heavy atom. The summed E-state index contributed by atoms with van der Waals surface area (Å²) in [5.41, 5.74) is 6.44. The molecular weight excluding hydrogens is 387 g/mol. The van der Waals surface area contributed by atoms with Crippen LogP contribution in [-0.4, -0.2) is 86.9 Å². The maximum atomic E-state index is 12.7. The third kappa shape index (κ3) is 3.25. The molecule has 2 fully saturated rings. The molecule has 146 valence electrons. The minimum atomic E-state index is -1.17. The SMILES string of the molecule is C=CC1=C(C(=O)O)N2C(=O)[C@@H]3[C@H]2[C@H](C1)CN3C(=O)Nc1ccc(C(N)=O)cc1.[NaH]. The van der Waals surface area contributed by atoms with Crippen molar-refractivity contribution in [3.05, 3.63) is 53.8 Å². The van der Waals surface area contributed by atoms with Gasteiger partial charge >= 0.3 is 41.6 Å². The van der Waals surface area contributed by atoms with Gasteiger partial charge in [-0.25, -0.2) is 9.59 Å². The third-order valence-electron chi connectivity index (χ3n) is 5.52. The van der Waals surface area contributed by atoms with Crippen LogP contribution in [0.5, 0.6) is 0 Å². The van der Waals surface area contributed by atoms with Gasteiger partial charge in [0.15, 0.2) is 0 Å². The number of carbonyl (C=O) groups excluding carboxylic acids is 3. The molecular formula is C19H19N4NaO5. The first-order valence-electron chi connectivity index (χ1n) is 8.73. The van der Waals surface area contributed by atoms with Crippen molar-refractivity contribution in [1.82, 2.24) is 9.80 Å². The molecule has 1 aromatic rings. The van der Waals surface area contributed by atoms with Crippen molar-refractivity contribution in [1.29, 1.82) is 0 Å². The van der Waals surface area contributed by atoms with Crippen LogP contribution >= 0.6 is 0 Å². The summed E-state index contributed by atoms with van der Waals surface area (Å²) in [5.74, 6) is -2.18. The van der Waals surface area contributed by atoms with E-state index in [-0.39, 0.29) is 47.2 Å². The van der Waals surface area contributed by atoms with Crippen molar-refractivity contribution >= 4 is 59.1 Å². The topological polar surface area (TPSA) is 133 Å². The van der Waals surface area contributed by atoms with Gasteiger partial charge in [-0.2, -0.15) is 0 Å². The second-order valence-corrected chi connectivity index (χ2v) is 7.02. The van der Waals surface area contributed by atoms with Gasteiger partial charge in [0.1, 0.15) is 11.7 Å². The molecule has 2 saturated heterocycles. The normalized spacial score (nSPS) is 24.3. The van der Waals surface area contributed by atoms with Crippen molar-refractivity contribution in [3.8, 4) is 0 Å². The van der Waals surface area contributed by atoms with Gasteiger partial charge in [-0.15, -0.1) is 0 Å². The number of carbonyl (C=O) groups is 4. The van der Waals surface area contributed by atoms with Crippen molar-refractivity contribution in [2.75, 3.05) is 11.9 Å². The number of amides is 4. The molecule has 4 rings (SSSR count). The summed E-state index contributed by atoms with van der Waals surface area (Å²) in [7, 11) is 0. The zero-order valence-electron chi connectivity index (χ0n) is 14.8. The predicted molar refractivity (Wildman–Crippen MR) is 105 cm³/mol. The second-order valence-electron chi connectivity index (χ2n) is 7.02. The quantitative estimate of drug-likeness (QED) is 0.482. The number of hydrogen-bond donors (Lipinski definition) is 3. The van der Waals surface area contributed by atoms with E-state index in [1.165, 1.54) is 28.0 Å². The number of primary amides is 1. The summed E-state index contributed by atoms with van der Waals surface area (Å²) in [6.45, 7) is 3.99. The van der Waals surface area contributed by atoms with Gasteiger partial charge in [-0.3, -0.25) is 14.5 Å². The number of urea groups is 1. The number of likely N-dealkylation sites (tertiary alicyclic amines) is 1. The van der Waals surface area contributed by atoms with Crippen molar-refractivity contribution in [2.24, 2.45) is 11.7 Å². The molecule has 0 aliphatic carbocycles. The van der Waals surface area contributed by atoms with Crippen LogP contribution in [0.25, 0.3) is 0 Å². The van der Waals surface area contributed by atoms with E-state index in [0.717, 1.165) is 0 Å². The van der Waals surface area contributed by atoms with Crippen LogP contribution in [0.15, 0.2) is 48.2 Å². The Hall–Kier alpha value is -2.62. The molecule has 10 heteroatoms. The van der Waals surface area contributed by atoms with Gasteiger partial charge in [0.2, 0.25) is 5.91 Å². The van der Waals surface area contributed by atoms with E-state index in [9.17, 15) is 24.3 Å². The van der Waals surface area contributed by atoms with Gasteiger partial charge in [-0.05, 0) is 36.3 Å². The molecule has 3 aliphatic heterocycles. The molecule has 3 heterocycles. The molecule has 4 amide bonds. The van der Waals surface area contributed by atoms with Gasteiger partial charge < -0.3 is 21.1 Å². The van der Waals surface area contributed by atoms with Crippen LogP contribution in [0.1, 0.15) is 16.8 Å². The zero-order chi connectivity index (χ0) is 20.2. The Kier molecular flexibility index (Phi) is 5.57. The third-order valence-corrected chi connectivity index (χ3v) is 5.52. The van der Waals surface area contributed by atoms with Gasteiger partial charge in [0.05, 0.1) is 6.04 Å². The summed E-state index contributed by atoms with van der Waals surface area (Å²) in [5, 5.41) is 12.2. The fourth-order valence-corrected chi connectivity index (χ4v) is 4.28. The Labute approximate surface area is 188 Å². The average Bonchev–Trinajstić information content (AvgIpc) is 3.03. The Morgan fingerprint density at radius 2 is 1.90 bits per heavy atom. The first kappa shape index (κ1) is 21.1. The second kappa shape index (κ2) is 7.66. The fraction of sp³-hybridized carbons (Fsp3) is 0.263. The number of anilines is 1. The summed E-state index contributed by atoms with van der Waals surface area (Å²) < 4.78 is 0. The van der Waals surface area contributed by atoms with Crippen LogP contribution in [0, 0.1) is 5.92 Å². The number of aliphatic carboxylic acids is 1. The van der Waals surface area contributed by atoms with Gasteiger partial charge in [0, 0.05) is 23.7 Å². The van der Waals surface area contributed by atoms with E-state index in [1.54, 1.807) is 12.1 Å². The molecule has 0 aromatic heterocycles. The van der Waals surface area contributed by atoms with E-state index in [1.807, 2.05) is 0 Å². The molecule has 0 unspecified atom stereocenters. The predicted octanol–water partition coefficient (Wildman–Crippen LogP) is 0.108. The molecule has 0 spiro atoms. The molecule has 4 N–H and O–H groups in total. The summed E-state index contributed by atoms with van der Waals surface area (Å²) in [6, 6.07) is 4.65. The van der Waals surface area contributed by atoms with Crippen molar-refractivity contribution in [3.63, 3.8) is 0 Å². The van der Waals surface area contributed by atoms with Gasteiger partial charge in [-0.1, -0.05) is 12.7 Å². The fourth-order valence-electron chi connectivity index (χ4n) is 4.28. The summed E-state index contributed by atoms with van der Waals surface area (Å²) in [4.78, 5) is 50.8. The molecule has 0 radical (unpaired) electrons.